The van der Waals surface area contributed by atoms with Crippen molar-refractivity contribution < 1.29 is 9.84 Å². The van der Waals surface area contributed by atoms with Crippen molar-refractivity contribution in [1.29, 1.82) is 0 Å². The van der Waals surface area contributed by atoms with Crippen molar-refractivity contribution in [2.75, 3.05) is 31.8 Å². The standard InChI is InChI=1S/C17H23NO2S/c1-20-17-8-7-14(15-5-2-3-6-16(15)17)13-18-9-12-21-11-4-10-19/h2-3,5-8,18-19H,4,9-13H2,1H3. The fourth-order valence-electron chi connectivity index (χ4n) is 2.30. The molecule has 0 saturated carbocycles. The summed E-state index contributed by atoms with van der Waals surface area (Å²) in [5.41, 5.74) is 1.30. The smallest absolute Gasteiger partial charge is 0.126 e. The number of nitrogens with one attached hydrogen (secondary N) is 1. The minimum atomic E-state index is 0.290. The molecule has 2 aromatic rings. The second kappa shape index (κ2) is 8.93. The summed E-state index contributed by atoms with van der Waals surface area (Å²) < 4.78 is 5.42. The SMILES string of the molecule is COc1ccc(CNCCSCCCO)c2ccccc12. The van der Waals surface area contributed by atoms with Crippen molar-refractivity contribution >= 4 is 22.5 Å². The molecular formula is C17H23NO2S. The Morgan fingerprint density at radius 3 is 2.67 bits per heavy atom. The van der Waals surface area contributed by atoms with Gasteiger partial charge in [-0.15, -0.1) is 0 Å². The second-order valence-electron chi connectivity index (χ2n) is 4.84. The first-order valence-corrected chi connectivity index (χ1v) is 8.46. The number of benzene rings is 2. The third kappa shape index (κ3) is 4.63. The quantitative estimate of drug-likeness (QED) is 0.699. The van der Waals surface area contributed by atoms with E-state index in [9.17, 15) is 0 Å². The Morgan fingerprint density at radius 2 is 1.90 bits per heavy atom. The lowest BCUT2D eigenvalue weighted by Crippen LogP contribution is -2.17. The molecule has 2 N–H and O–H groups in total. The molecule has 0 heterocycles. The third-order valence-corrected chi connectivity index (χ3v) is 4.45. The lowest BCUT2D eigenvalue weighted by molar-refractivity contribution is 0.296. The average molecular weight is 305 g/mol. The molecule has 0 aliphatic heterocycles. The molecule has 0 fully saturated rings. The molecule has 3 nitrogen and oxygen atoms in total. The number of fused-ring (bicyclic) bond motifs is 1. The van der Waals surface area contributed by atoms with Crippen molar-refractivity contribution in [3.05, 3.63) is 42.0 Å². The predicted octanol–water partition coefficient (Wildman–Crippen LogP) is 3.05. The van der Waals surface area contributed by atoms with E-state index in [0.29, 0.717) is 0 Å². The monoisotopic (exact) mass is 305 g/mol. The number of methoxy groups -OCH3 is 1. The number of aliphatic hydroxyl groups excluding tert-OH is 1. The maximum absolute atomic E-state index is 8.72. The number of thioether (sulfide) groups is 1. The first kappa shape index (κ1) is 16.1. The fourth-order valence-corrected chi connectivity index (χ4v) is 3.13. The molecule has 2 aromatic carbocycles. The molecule has 0 saturated heterocycles. The van der Waals surface area contributed by atoms with Gasteiger partial charge in [-0.1, -0.05) is 30.3 Å². The van der Waals surface area contributed by atoms with Gasteiger partial charge in [-0.2, -0.15) is 11.8 Å². The van der Waals surface area contributed by atoms with E-state index in [2.05, 4.69) is 29.6 Å². The minimum Gasteiger partial charge on any atom is -0.496 e. The molecular weight excluding hydrogens is 282 g/mol. The van der Waals surface area contributed by atoms with Crippen LogP contribution in [0, 0.1) is 0 Å². The van der Waals surface area contributed by atoms with Crippen LogP contribution >= 0.6 is 11.8 Å². The number of hydrogen-bond acceptors (Lipinski definition) is 4. The van der Waals surface area contributed by atoms with Crippen LogP contribution in [0.15, 0.2) is 36.4 Å². The van der Waals surface area contributed by atoms with Gasteiger partial charge in [0.05, 0.1) is 7.11 Å². The zero-order chi connectivity index (χ0) is 14.9. The first-order chi connectivity index (χ1) is 10.4. The molecule has 0 aliphatic carbocycles. The highest BCUT2D eigenvalue weighted by atomic mass is 32.2. The number of hydrogen-bond donors (Lipinski definition) is 2. The molecule has 0 spiro atoms. The van der Waals surface area contributed by atoms with Crippen molar-refractivity contribution in [1.82, 2.24) is 5.32 Å². The van der Waals surface area contributed by atoms with E-state index < -0.39 is 0 Å². The van der Waals surface area contributed by atoms with Gasteiger partial charge in [-0.25, -0.2) is 0 Å². The summed E-state index contributed by atoms with van der Waals surface area (Å²) in [6, 6.07) is 12.5. The van der Waals surface area contributed by atoms with E-state index in [0.717, 1.165) is 42.2 Å². The van der Waals surface area contributed by atoms with Crippen molar-refractivity contribution in [2.24, 2.45) is 0 Å². The van der Waals surface area contributed by atoms with Gasteiger partial charge in [-0.3, -0.25) is 0 Å². The highest BCUT2D eigenvalue weighted by Crippen LogP contribution is 2.28. The fraction of sp³-hybridized carbons (Fsp3) is 0.412. The van der Waals surface area contributed by atoms with Crippen molar-refractivity contribution in [3.8, 4) is 5.75 Å². The molecule has 0 radical (unpaired) electrons. The third-order valence-electron chi connectivity index (χ3n) is 3.38. The van der Waals surface area contributed by atoms with Gasteiger partial charge in [-0.05, 0) is 29.2 Å². The summed E-state index contributed by atoms with van der Waals surface area (Å²) in [6.45, 7) is 2.14. The predicted molar refractivity (Wildman–Crippen MR) is 91.2 cm³/mol. The summed E-state index contributed by atoms with van der Waals surface area (Å²) in [7, 11) is 1.71. The van der Waals surface area contributed by atoms with Crippen LogP contribution < -0.4 is 10.1 Å². The zero-order valence-corrected chi connectivity index (χ0v) is 13.3. The summed E-state index contributed by atoms with van der Waals surface area (Å²) in [4.78, 5) is 0. The van der Waals surface area contributed by atoms with Crippen molar-refractivity contribution in [3.63, 3.8) is 0 Å². The van der Waals surface area contributed by atoms with E-state index in [-0.39, 0.29) is 6.61 Å². The molecule has 0 atom stereocenters. The van der Waals surface area contributed by atoms with E-state index in [1.54, 1.807) is 7.11 Å². The lowest BCUT2D eigenvalue weighted by Gasteiger charge is -2.11. The van der Waals surface area contributed by atoms with Gasteiger partial charge in [0.25, 0.3) is 0 Å². The Balaban J connectivity index is 1.90. The second-order valence-corrected chi connectivity index (χ2v) is 6.06. The van der Waals surface area contributed by atoms with Gasteiger partial charge in [0.1, 0.15) is 5.75 Å². The highest BCUT2D eigenvalue weighted by molar-refractivity contribution is 7.99. The van der Waals surface area contributed by atoms with E-state index in [1.807, 2.05) is 23.9 Å². The lowest BCUT2D eigenvalue weighted by atomic mass is 10.0. The van der Waals surface area contributed by atoms with Gasteiger partial charge < -0.3 is 15.2 Å². The highest BCUT2D eigenvalue weighted by Gasteiger charge is 2.05. The van der Waals surface area contributed by atoms with E-state index in [4.69, 9.17) is 9.84 Å². The molecule has 0 aliphatic rings. The first-order valence-electron chi connectivity index (χ1n) is 7.30. The molecule has 0 amide bonds. The zero-order valence-electron chi connectivity index (χ0n) is 12.5. The Hall–Kier alpha value is -1.23. The van der Waals surface area contributed by atoms with Crippen LogP contribution in [-0.4, -0.2) is 36.9 Å². The van der Waals surface area contributed by atoms with Gasteiger partial charge in [0.2, 0.25) is 0 Å². The molecule has 0 unspecified atom stereocenters. The number of ether oxygens (including phenoxy) is 1. The Labute approximate surface area is 130 Å². The summed E-state index contributed by atoms with van der Waals surface area (Å²) >= 11 is 1.88. The van der Waals surface area contributed by atoms with Crippen LogP contribution in [0.2, 0.25) is 0 Å². The van der Waals surface area contributed by atoms with Crippen LogP contribution in [0.5, 0.6) is 5.75 Å². The number of aliphatic hydroxyl groups is 1. The molecule has 4 heteroatoms. The van der Waals surface area contributed by atoms with Gasteiger partial charge >= 0.3 is 0 Å². The van der Waals surface area contributed by atoms with Gasteiger partial charge in [0, 0.05) is 30.8 Å². The van der Waals surface area contributed by atoms with Crippen LogP contribution in [0.4, 0.5) is 0 Å². The van der Waals surface area contributed by atoms with Crippen LogP contribution in [-0.2, 0) is 6.54 Å². The van der Waals surface area contributed by atoms with E-state index >= 15 is 0 Å². The topological polar surface area (TPSA) is 41.5 Å². The molecule has 21 heavy (non-hydrogen) atoms. The molecule has 0 bridgehead atoms. The Kier molecular flexibility index (Phi) is 6.86. The summed E-state index contributed by atoms with van der Waals surface area (Å²) in [5, 5.41) is 14.6. The van der Waals surface area contributed by atoms with E-state index in [1.165, 1.54) is 10.9 Å². The van der Waals surface area contributed by atoms with Crippen LogP contribution in [0.3, 0.4) is 0 Å². The summed E-state index contributed by atoms with van der Waals surface area (Å²) in [6.07, 6.45) is 0.883. The molecule has 114 valence electrons. The Bertz CT molecular complexity index is 559. The number of rotatable bonds is 9. The largest absolute Gasteiger partial charge is 0.496 e. The molecule has 0 aromatic heterocycles. The Morgan fingerprint density at radius 1 is 1.10 bits per heavy atom. The maximum Gasteiger partial charge on any atom is 0.126 e. The van der Waals surface area contributed by atoms with Crippen LogP contribution in [0.1, 0.15) is 12.0 Å². The van der Waals surface area contributed by atoms with Gasteiger partial charge in [0.15, 0.2) is 0 Å². The summed E-state index contributed by atoms with van der Waals surface area (Å²) in [5.74, 6) is 3.03. The average Bonchev–Trinajstić information content (AvgIpc) is 2.54. The maximum atomic E-state index is 8.72. The molecule has 2 rings (SSSR count). The minimum absolute atomic E-state index is 0.290. The van der Waals surface area contributed by atoms with Crippen LogP contribution in [0.25, 0.3) is 10.8 Å². The van der Waals surface area contributed by atoms with Crippen molar-refractivity contribution in [2.45, 2.75) is 13.0 Å². The normalized spacial score (nSPS) is 11.0.